The molecule has 0 aliphatic heterocycles. The lowest BCUT2D eigenvalue weighted by molar-refractivity contribution is 0.556. The lowest BCUT2D eigenvalue weighted by atomic mass is 10.0. The summed E-state index contributed by atoms with van der Waals surface area (Å²) in [6.07, 6.45) is 3.95. The first kappa shape index (κ1) is 8.54. The van der Waals surface area contributed by atoms with Crippen molar-refractivity contribution >= 4 is 47.8 Å². The van der Waals surface area contributed by atoms with Gasteiger partial charge in [0.15, 0.2) is 0 Å². The Morgan fingerprint density at radius 2 is 1.33 bits per heavy atom. The highest BCUT2D eigenvalue weighted by Gasteiger charge is 2.27. The van der Waals surface area contributed by atoms with Crippen LogP contribution < -0.4 is 0 Å². The van der Waals surface area contributed by atoms with E-state index in [9.17, 15) is 0 Å². The lowest BCUT2D eigenvalue weighted by Gasteiger charge is -2.27. The second-order valence-corrected chi connectivity index (χ2v) is 5.82. The molecule has 2 atom stereocenters. The quantitative estimate of drug-likeness (QED) is 0.600. The van der Waals surface area contributed by atoms with Crippen LogP contribution in [0.3, 0.4) is 0 Å². The summed E-state index contributed by atoms with van der Waals surface area (Å²) in [5.74, 6) is 0. The zero-order valence-electron chi connectivity index (χ0n) is 4.99. The van der Waals surface area contributed by atoms with E-state index in [2.05, 4.69) is 47.8 Å². The maximum atomic E-state index is 3.63. The van der Waals surface area contributed by atoms with Crippen LogP contribution in [0, 0.1) is 0 Å². The van der Waals surface area contributed by atoms with E-state index in [0.29, 0.717) is 14.5 Å². The number of hydrogen-bond acceptors (Lipinski definition) is 0. The van der Waals surface area contributed by atoms with Crippen molar-refractivity contribution in [2.75, 3.05) is 0 Å². The predicted octanol–water partition coefficient (Wildman–Crippen LogP) is 3.46. The van der Waals surface area contributed by atoms with Gasteiger partial charge < -0.3 is 0 Å². The minimum Gasteiger partial charge on any atom is -0.0878 e. The molecule has 0 heterocycles. The van der Waals surface area contributed by atoms with Gasteiger partial charge in [-0.1, -0.05) is 54.2 Å². The number of hydrogen-bond donors (Lipinski definition) is 0. The van der Waals surface area contributed by atoms with Gasteiger partial charge in [-0.25, -0.2) is 0 Å². The van der Waals surface area contributed by atoms with E-state index in [1.165, 1.54) is 19.3 Å². The summed E-state index contributed by atoms with van der Waals surface area (Å²) in [5, 5.41) is 0. The minimum absolute atomic E-state index is 0.617. The molecule has 0 bridgehead atoms. The van der Waals surface area contributed by atoms with Crippen LogP contribution in [0.15, 0.2) is 0 Å². The van der Waals surface area contributed by atoms with E-state index in [-0.39, 0.29) is 0 Å². The molecular formula is C6H9Br3. The molecule has 3 heteroatoms. The highest BCUT2D eigenvalue weighted by Crippen LogP contribution is 2.34. The molecule has 0 radical (unpaired) electrons. The van der Waals surface area contributed by atoms with Gasteiger partial charge in [0.05, 0.1) is 0 Å². The van der Waals surface area contributed by atoms with Crippen molar-refractivity contribution in [2.24, 2.45) is 0 Å². The van der Waals surface area contributed by atoms with E-state index < -0.39 is 0 Å². The Bertz CT molecular complexity index is 84.3. The van der Waals surface area contributed by atoms with Gasteiger partial charge in [-0.15, -0.1) is 0 Å². The summed E-state index contributed by atoms with van der Waals surface area (Å²) in [7, 11) is 0. The van der Waals surface area contributed by atoms with E-state index in [0.717, 1.165) is 0 Å². The number of halogens is 3. The van der Waals surface area contributed by atoms with Crippen molar-refractivity contribution in [1.82, 2.24) is 0 Å². The Balaban J connectivity index is 2.41. The standard InChI is InChI=1S/C6H9Br3/c7-4-2-1-3-5(8)6(4)9/h4-6H,1-3H2. The van der Waals surface area contributed by atoms with Crippen LogP contribution in [0.25, 0.3) is 0 Å². The van der Waals surface area contributed by atoms with Gasteiger partial charge >= 0.3 is 0 Å². The van der Waals surface area contributed by atoms with Crippen LogP contribution in [-0.4, -0.2) is 14.5 Å². The third-order valence-corrected chi connectivity index (χ3v) is 6.40. The third kappa shape index (κ3) is 2.19. The van der Waals surface area contributed by atoms with Crippen molar-refractivity contribution in [1.29, 1.82) is 0 Å². The smallest absolute Gasteiger partial charge is 0.0396 e. The minimum atomic E-state index is 0.617. The SMILES string of the molecule is BrC1CCCC(Br)C1Br. The second kappa shape index (κ2) is 3.72. The molecule has 2 unspecified atom stereocenters. The second-order valence-electron chi connectivity index (χ2n) is 2.41. The molecule has 54 valence electrons. The van der Waals surface area contributed by atoms with Crippen molar-refractivity contribution in [3.05, 3.63) is 0 Å². The summed E-state index contributed by atoms with van der Waals surface area (Å²) < 4.78 is 0. The van der Waals surface area contributed by atoms with E-state index in [1.54, 1.807) is 0 Å². The first-order valence-corrected chi connectivity index (χ1v) is 5.88. The monoisotopic (exact) mass is 318 g/mol. The van der Waals surface area contributed by atoms with Crippen LogP contribution >= 0.6 is 47.8 Å². The molecule has 1 saturated carbocycles. The molecule has 0 spiro atoms. The third-order valence-electron chi connectivity index (χ3n) is 1.65. The van der Waals surface area contributed by atoms with Crippen molar-refractivity contribution in [3.63, 3.8) is 0 Å². The Morgan fingerprint density at radius 3 is 1.67 bits per heavy atom. The van der Waals surface area contributed by atoms with Crippen LogP contribution in [0.2, 0.25) is 0 Å². The highest BCUT2D eigenvalue weighted by atomic mass is 79.9. The maximum Gasteiger partial charge on any atom is 0.0396 e. The van der Waals surface area contributed by atoms with E-state index in [1.807, 2.05) is 0 Å². The predicted molar refractivity (Wildman–Crippen MR) is 52.0 cm³/mol. The fraction of sp³-hybridized carbons (Fsp3) is 1.00. The Kier molecular flexibility index (Phi) is 3.53. The fourth-order valence-corrected chi connectivity index (χ4v) is 3.38. The lowest BCUT2D eigenvalue weighted by Crippen LogP contribution is -2.28. The van der Waals surface area contributed by atoms with Gasteiger partial charge in [-0.05, 0) is 12.8 Å². The highest BCUT2D eigenvalue weighted by molar-refractivity contribution is 9.13. The van der Waals surface area contributed by atoms with Crippen molar-refractivity contribution in [3.8, 4) is 0 Å². The molecule has 0 N–H and O–H groups in total. The molecule has 9 heavy (non-hydrogen) atoms. The Morgan fingerprint density at radius 1 is 0.889 bits per heavy atom. The van der Waals surface area contributed by atoms with Crippen LogP contribution in [-0.2, 0) is 0 Å². The summed E-state index contributed by atoms with van der Waals surface area (Å²) in [5.41, 5.74) is 0. The molecule has 1 aliphatic rings. The van der Waals surface area contributed by atoms with Crippen LogP contribution in [0.1, 0.15) is 19.3 Å². The first-order valence-electron chi connectivity index (χ1n) is 3.14. The zero-order valence-corrected chi connectivity index (χ0v) is 9.75. The molecule has 1 rings (SSSR count). The fourth-order valence-electron chi connectivity index (χ4n) is 1.05. The average Bonchev–Trinajstić information content (AvgIpc) is 1.83. The molecule has 0 aromatic rings. The van der Waals surface area contributed by atoms with E-state index >= 15 is 0 Å². The normalized spacial score (nSPS) is 45.0. The number of rotatable bonds is 0. The zero-order chi connectivity index (χ0) is 6.85. The molecule has 0 saturated heterocycles. The maximum absolute atomic E-state index is 3.63. The van der Waals surface area contributed by atoms with Crippen molar-refractivity contribution in [2.45, 2.75) is 33.7 Å². The first-order chi connectivity index (χ1) is 4.22. The molecule has 0 aromatic carbocycles. The van der Waals surface area contributed by atoms with Gasteiger partial charge in [-0.2, -0.15) is 0 Å². The number of alkyl halides is 3. The van der Waals surface area contributed by atoms with E-state index in [4.69, 9.17) is 0 Å². The largest absolute Gasteiger partial charge is 0.0878 e. The molecule has 1 aliphatic carbocycles. The average molecular weight is 321 g/mol. The molecular weight excluding hydrogens is 312 g/mol. The summed E-state index contributed by atoms with van der Waals surface area (Å²) in [6, 6.07) is 0. The molecule has 0 nitrogen and oxygen atoms in total. The topological polar surface area (TPSA) is 0 Å². The van der Waals surface area contributed by atoms with Crippen LogP contribution in [0.5, 0.6) is 0 Å². The Labute approximate surface area is 81.2 Å². The summed E-state index contributed by atoms with van der Waals surface area (Å²) in [4.78, 5) is 1.94. The molecule has 0 amide bonds. The molecule has 0 aromatic heterocycles. The Hall–Kier alpha value is 1.44. The van der Waals surface area contributed by atoms with Crippen molar-refractivity contribution < 1.29 is 0 Å². The van der Waals surface area contributed by atoms with Gasteiger partial charge in [0.2, 0.25) is 0 Å². The molecule has 1 fully saturated rings. The van der Waals surface area contributed by atoms with Gasteiger partial charge in [0.1, 0.15) is 0 Å². The summed E-state index contributed by atoms with van der Waals surface area (Å²) >= 11 is 10.9. The van der Waals surface area contributed by atoms with Gasteiger partial charge in [0.25, 0.3) is 0 Å². The van der Waals surface area contributed by atoms with Gasteiger partial charge in [0, 0.05) is 14.5 Å². The van der Waals surface area contributed by atoms with Crippen LogP contribution in [0.4, 0.5) is 0 Å². The summed E-state index contributed by atoms with van der Waals surface area (Å²) in [6.45, 7) is 0. The van der Waals surface area contributed by atoms with Gasteiger partial charge in [-0.3, -0.25) is 0 Å².